The number of anilines is 1. The quantitative estimate of drug-likeness (QED) is 0.403. The van der Waals surface area contributed by atoms with Crippen LogP contribution in [-0.4, -0.2) is 45.4 Å². The molecule has 3 aromatic rings. The maximum absolute atomic E-state index is 12.4. The van der Waals surface area contributed by atoms with Gasteiger partial charge in [0, 0.05) is 49.5 Å². The summed E-state index contributed by atoms with van der Waals surface area (Å²) in [5.74, 6) is -0.505. The number of nitrogens with one attached hydrogen (secondary N) is 1. The molecule has 0 unspecified atom stereocenters. The minimum absolute atomic E-state index is 0.229. The molecular weight excluding hydrogens is 455 g/mol. The Bertz CT molecular complexity index is 1130. The first-order valence-electron chi connectivity index (χ1n) is 10.5. The topological polar surface area (TPSA) is 94.7 Å². The summed E-state index contributed by atoms with van der Waals surface area (Å²) in [6.07, 6.45) is -3.35. The number of benzene rings is 2. The molecule has 12 heteroatoms. The monoisotopic (exact) mass is 477 g/mol. The third kappa shape index (κ3) is 6.38. The van der Waals surface area contributed by atoms with Crippen LogP contribution in [0.3, 0.4) is 0 Å². The summed E-state index contributed by atoms with van der Waals surface area (Å²) < 4.78 is 48.3. The molecule has 0 saturated heterocycles. The van der Waals surface area contributed by atoms with Gasteiger partial charge in [0.05, 0.1) is 0 Å². The van der Waals surface area contributed by atoms with Crippen molar-refractivity contribution in [2.24, 2.45) is 0 Å². The van der Waals surface area contributed by atoms with Gasteiger partial charge in [-0.05, 0) is 28.2 Å². The Morgan fingerprint density at radius 2 is 1.88 bits per heavy atom. The number of ether oxygens (including phenoxy) is 2. The average Bonchev–Trinajstić information content (AvgIpc) is 3.17. The van der Waals surface area contributed by atoms with Crippen molar-refractivity contribution >= 4 is 11.5 Å². The summed E-state index contributed by atoms with van der Waals surface area (Å²) >= 11 is 0. The van der Waals surface area contributed by atoms with Gasteiger partial charge in [-0.1, -0.05) is 30.3 Å². The summed E-state index contributed by atoms with van der Waals surface area (Å²) in [5.41, 5.74) is 2.57. The SMILES string of the molecule is O=[N+]([O-])c1cn2c(n1)OCCN(Cc1ccc(CNc3cccc(OC(F)(F)F)c3)cc1)CC2. The van der Waals surface area contributed by atoms with Crippen molar-refractivity contribution < 1.29 is 27.6 Å². The van der Waals surface area contributed by atoms with Crippen LogP contribution in [0.5, 0.6) is 11.8 Å². The van der Waals surface area contributed by atoms with Crippen LogP contribution in [0.15, 0.2) is 54.7 Å². The lowest BCUT2D eigenvalue weighted by Crippen LogP contribution is -2.33. The van der Waals surface area contributed by atoms with Gasteiger partial charge < -0.3 is 24.9 Å². The van der Waals surface area contributed by atoms with E-state index in [9.17, 15) is 23.3 Å². The molecule has 0 spiro atoms. The number of hydrogen-bond donors (Lipinski definition) is 1. The van der Waals surface area contributed by atoms with Gasteiger partial charge in [0.15, 0.2) is 0 Å². The number of aromatic nitrogens is 2. The van der Waals surface area contributed by atoms with Crippen LogP contribution >= 0.6 is 0 Å². The van der Waals surface area contributed by atoms with Gasteiger partial charge in [-0.2, -0.15) is 0 Å². The van der Waals surface area contributed by atoms with E-state index in [1.54, 1.807) is 10.6 Å². The van der Waals surface area contributed by atoms with Gasteiger partial charge in [0.1, 0.15) is 18.6 Å². The van der Waals surface area contributed by atoms with E-state index in [1.807, 2.05) is 24.3 Å². The molecule has 0 amide bonds. The van der Waals surface area contributed by atoms with Crippen molar-refractivity contribution in [2.75, 3.05) is 25.0 Å². The van der Waals surface area contributed by atoms with Crippen LogP contribution in [0, 0.1) is 10.1 Å². The maximum atomic E-state index is 12.4. The van der Waals surface area contributed by atoms with Gasteiger partial charge in [0.2, 0.25) is 0 Å². The Morgan fingerprint density at radius 3 is 2.62 bits per heavy atom. The highest BCUT2D eigenvalue weighted by Gasteiger charge is 2.31. The molecule has 0 fully saturated rings. The molecule has 0 aliphatic carbocycles. The van der Waals surface area contributed by atoms with Crippen molar-refractivity contribution in [1.29, 1.82) is 0 Å². The molecule has 1 N–H and O–H groups in total. The average molecular weight is 477 g/mol. The highest BCUT2D eigenvalue weighted by Crippen LogP contribution is 2.25. The predicted molar refractivity (Wildman–Crippen MR) is 117 cm³/mol. The zero-order valence-electron chi connectivity index (χ0n) is 18.0. The second-order valence-electron chi connectivity index (χ2n) is 7.70. The molecule has 1 aromatic heterocycles. The zero-order valence-corrected chi connectivity index (χ0v) is 18.0. The lowest BCUT2D eigenvalue weighted by atomic mass is 10.1. The first kappa shape index (κ1) is 23.4. The standard InChI is InChI=1S/C22H22F3N5O4/c23-22(24,25)34-19-3-1-2-18(12-19)26-13-16-4-6-17(7-5-16)14-28-8-9-29-15-20(30(31)32)27-21(29)33-11-10-28/h1-7,12,15,26H,8-11,13-14H2. The van der Waals surface area contributed by atoms with E-state index in [-0.39, 0.29) is 17.6 Å². The van der Waals surface area contributed by atoms with E-state index in [4.69, 9.17) is 4.74 Å². The van der Waals surface area contributed by atoms with Crippen molar-refractivity contribution in [3.8, 4) is 11.8 Å². The van der Waals surface area contributed by atoms with Crippen LogP contribution in [0.1, 0.15) is 11.1 Å². The minimum Gasteiger partial charge on any atom is -0.444 e. The second kappa shape index (κ2) is 10.00. The largest absolute Gasteiger partial charge is 0.573 e. The lowest BCUT2D eigenvalue weighted by Gasteiger charge is -2.24. The van der Waals surface area contributed by atoms with Crippen LogP contribution < -0.4 is 14.8 Å². The summed E-state index contributed by atoms with van der Waals surface area (Å²) in [6.45, 7) is 3.35. The van der Waals surface area contributed by atoms with E-state index < -0.39 is 11.3 Å². The molecule has 180 valence electrons. The van der Waals surface area contributed by atoms with Crippen LogP contribution in [0.25, 0.3) is 0 Å². The van der Waals surface area contributed by atoms with Gasteiger partial charge >= 0.3 is 18.2 Å². The van der Waals surface area contributed by atoms with Gasteiger partial charge in [-0.3, -0.25) is 9.47 Å². The number of fused-ring (bicyclic) bond motifs is 1. The van der Waals surface area contributed by atoms with Crippen LogP contribution in [0.2, 0.25) is 0 Å². The molecule has 2 heterocycles. The molecule has 0 radical (unpaired) electrons. The molecule has 1 aliphatic rings. The molecule has 2 aromatic carbocycles. The predicted octanol–water partition coefficient (Wildman–Crippen LogP) is 4.20. The van der Waals surface area contributed by atoms with E-state index in [0.717, 1.165) is 11.1 Å². The number of alkyl halides is 3. The number of hydrogen-bond acceptors (Lipinski definition) is 7. The Labute approximate surface area is 192 Å². The van der Waals surface area contributed by atoms with E-state index >= 15 is 0 Å². The van der Waals surface area contributed by atoms with Crippen molar-refractivity contribution in [2.45, 2.75) is 26.0 Å². The lowest BCUT2D eigenvalue weighted by molar-refractivity contribution is -0.389. The van der Waals surface area contributed by atoms with E-state index in [0.29, 0.717) is 45.0 Å². The number of nitro groups is 1. The van der Waals surface area contributed by atoms with Crippen LogP contribution in [-0.2, 0) is 19.6 Å². The van der Waals surface area contributed by atoms with Crippen LogP contribution in [0.4, 0.5) is 24.7 Å². The number of imidazole rings is 1. The molecule has 0 saturated carbocycles. The summed E-state index contributed by atoms with van der Waals surface area (Å²) in [7, 11) is 0. The molecule has 9 nitrogen and oxygen atoms in total. The number of halogens is 3. The zero-order chi connectivity index (χ0) is 24.1. The smallest absolute Gasteiger partial charge is 0.444 e. The Morgan fingerprint density at radius 1 is 1.12 bits per heavy atom. The molecule has 0 atom stereocenters. The molecular formula is C22H22F3N5O4. The van der Waals surface area contributed by atoms with Gasteiger partial charge in [-0.15, -0.1) is 13.2 Å². The summed E-state index contributed by atoms with van der Waals surface area (Å²) in [6, 6.07) is 13.9. The third-order valence-electron chi connectivity index (χ3n) is 5.20. The van der Waals surface area contributed by atoms with E-state index in [2.05, 4.69) is 19.9 Å². The Balaban J connectivity index is 1.30. The van der Waals surface area contributed by atoms with Crippen molar-refractivity contribution in [3.05, 3.63) is 76.0 Å². The first-order chi connectivity index (χ1) is 16.2. The highest BCUT2D eigenvalue weighted by molar-refractivity contribution is 5.48. The summed E-state index contributed by atoms with van der Waals surface area (Å²) in [5, 5.41) is 14.0. The fourth-order valence-electron chi connectivity index (χ4n) is 3.56. The van der Waals surface area contributed by atoms with Gasteiger partial charge in [-0.25, -0.2) is 0 Å². The fourth-order valence-corrected chi connectivity index (χ4v) is 3.56. The minimum atomic E-state index is -4.73. The molecule has 34 heavy (non-hydrogen) atoms. The fraction of sp³-hybridized carbons (Fsp3) is 0.318. The Hall–Kier alpha value is -3.80. The highest BCUT2D eigenvalue weighted by atomic mass is 19.4. The second-order valence-corrected chi connectivity index (χ2v) is 7.70. The first-order valence-corrected chi connectivity index (χ1v) is 10.5. The summed E-state index contributed by atoms with van der Waals surface area (Å²) in [4.78, 5) is 16.5. The maximum Gasteiger partial charge on any atom is 0.573 e. The third-order valence-corrected chi connectivity index (χ3v) is 5.20. The number of nitrogens with zero attached hydrogens (tertiary/aromatic N) is 4. The van der Waals surface area contributed by atoms with Crippen molar-refractivity contribution in [1.82, 2.24) is 14.5 Å². The number of rotatable bonds is 7. The molecule has 1 aliphatic heterocycles. The molecule has 0 bridgehead atoms. The van der Waals surface area contributed by atoms with Crippen molar-refractivity contribution in [3.63, 3.8) is 0 Å². The van der Waals surface area contributed by atoms with E-state index in [1.165, 1.54) is 24.4 Å². The molecule has 4 rings (SSSR count). The normalized spacial score (nSPS) is 14.4. The van der Waals surface area contributed by atoms with Gasteiger partial charge in [0.25, 0.3) is 0 Å². The Kier molecular flexibility index (Phi) is 6.87.